The van der Waals surface area contributed by atoms with Crippen LogP contribution in [0.25, 0.3) is 0 Å². The molecule has 2 heterocycles. The van der Waals surface area contributed by atoms with Crippen molar-refractivity contribution in [1.82, 2.24) is 19.9 Å². The third-order valence-corrected chi connectivity index (χ3v) is 2.84. The molecule has 0 spiro atoms. The largest absolute Gasteiger partial charge is 0.360 e. The van der Waals surface area contributed by atoms with Crippen LogP contribution < -0.4 is 9.80 Å². The van der Waals surface area contributed by atoms with E-state index < -0.39 is 0 Å². The summed E-state index contributed by atoms with van der Waals surface area (Å²) in [6, 6.07) is 1.98. The van der Waals surface area contributed by atoms with Crippen LogP contribution in [-0.2, 0) is 6.54 Å². The molecule has 2 aromatic heterocycles. The lowest BCUT2D eigenvalue weighted by atomic mass is 10.4. The first-order chi connectivity index (χ1) is 8.70. The molecule has 1 N–H and O–H groups in total. The maximum atomic E-state index is 4.28. The van der Waals surface area contributed by atoms with Crippen molar-refractivity contribution in [2.75, 3.05) is 30.4 Å². The van der Waals surface area contributed by atoms with Crippen molar-refractivity contribution in [2.45, 2.75) is 13.5 Å². The lowest BCUT2D eigenvalue weighted by Crippen LogP contribution is -2.21. The second-order valence-corrected chi connectivity index (χ2v) is 4.14. The van der Waals surface area contributed by atoms with Gasteiger partial charge in [0, 0.05) is 39.1 Å². The Morgan fingerprint density at radius 2 is 1.83 bits per heavy atom. The van der Waals surface area contributed by atoms with E-state index in [0.29, 0.717) is 6.54 Å². The van der Waals surface area contributed by atoms with E-state index in [0.717, 1.165) is 24.0 Å². The van der Waals surface area contributed by atoms with Gasteiger partial charge in [0.1, 0.15) is 23.8 Å². The Kier molecular flexibility index (Phi) is 3.76. The fourth-order valence-corrected chi connectivity index (χ4v) is 1.61. The fraction of sp³-hybridized carbons (Fsp3) is 0.417. The SMILES string of the molecule is CCN(C)c1cc(N(C)Cc2ncc[nH]2)ncn1. The minimum absolute atomic E-state index is 0.694. The predicted octanol–water partition coefficient (Wildman–Crippen LogP) is 1.29. The first-order valence-corrected chi connectivity index (χ1v) is 5.93. The van der Waals surface area contributed by atoms with Crippen molar-refractivity contribution in [1.29, 1.82) is 0 Å². The molecule has 0 amide bonds. The quantitative estimate of drug-likeness (QED) is 0.861. The monoisotopic (exact) mass is 246 g/mol. The van der Waals surface area contributed by atoms with Gasteiger partial charge in [-0.05, 0) is 6.92 Å². The average molecular weight is 246 g/mol. The van der Waals surface area contributed by atoms with Crippen LogP contribution in [0.3, 0.4) is 0 Å². The molecule has 18 heavy (non-hydrogen) atoms. The maximum absolute atomic E-state index is 4.28. The lowest BCUT2D eigenvalue weighted by molar-refractivity contribution is 0.834. The second kappa shape index (κ2) is 5.48. The molecule has 0 atom stereocenters. The summed E-state index contributed by atoms with van der Waals surface area (Å²) in [6.07, 6.45) is 5.16. The van der Waals surface area contributed by atoms with Crippen LogP contribution in [0.4, 0.5) is 11.6 Å². The van der Waals surface area contributed by atoms with Crippen molar-refractivity contribution in [3.8, 4) is 0 Å². The van der Waals surface area contributed by atoms with Crippen LogP contribution in [0.1, 0.15) is 12.7 Å². The summed E-state index contributed by atoms with van der Waals surface area (Å²) in [6.45, 7) is 3.70. The molecule has 2 aromatic rings. The van der Waals surface area contributed by atoms with Gasteiger partial charge in [0.2, 0.25) is 0 Å². The number of aromatic nitrogens is 4. The summed E-state index contributed by atoms with van der Waals surface area (Å²) in [5.74, 6) is 2.73. The molecule has 6 heteroatoms. The third kappa shape index (κ3) is 2.77. The Labute approximate surface area is 107 Å². The van der Waals surface area contributed by atoms with E-state index in [9.17, 15) is 0 Å². The number of hydrogen-bond acceptors (Lipinski definition) is 5. The minimum atomic E-state index is 0.694. The zero-order chi connectivity index (χ0) is 13.0. The van der Waals surface area contributed by atoms with E-state index in [1.807, 2.05) is 31.3 Å². The van der Waals surface area contributed by atoms with E-state index in [-0.39, 0.29) is 0 Å². The van der Waals surface area contributed by atoms with Crippen LogP contribution >= 0.6 is 0 Å². The summed E-state index contributed by atoms with van der Waals surface area (Å²) in [5, 5.41) is 0. The third-order valence-electron chi connectivity index (χ3n) is 2.84. The van der Waals surface area contributed by atoms with Crippen molar-refractivity contribution in [3.63, 3.8) is 0 Å². The number of anilines is 2. The summed E-state index contributed by atoms with van der Waals surface area (Å²) >= 11 is 0. The summed E-state index contributed by atoms with van der Waals surface area (Å²) in [7, 11) is 4.00. The van der Waals surface area contributed by atoms with Crippen LogP contribution in [0, 0.1) is 0 Å². The van der Waals surface area contributed by atoms with Crippen molar-refractivity contribution in [2.24, 2.45) is 0 Å². The summed E-state index contributed by atoms with van der Waals surface area (Å²) in [5.41, 5.74) is 0. The Balaban J connectivity index is 2.12. The second-order valence-electron chi connectivity index (χ2n) is 4.14. The van der Waals surface area contributed by atoms with Crippen LogP contribution in [0.15, 0.2) is 24.8 Å². The van der Waals surface area contributed by atoms with Crippen molar-refractivity contribution >= 4 is 11.6 Å². The number of H-pyrrole nitrogens is 1. The molecule has 0 saturated carbocycles. The van der Waals surface area contributed by atoms with Gasteiger partial charge in [-0.1, -0.05) is 0 Å². The molecule has 96 valence electrons. The zero-order valence-corrected chi connectivity index (χ0v) is 11.0. The number of rotatable bonds is 5. The van der Waals surface area contributed by atoms with Gasteiger partial charge in [-0.2, -0.15) is 0 Å². The molecule has 0 fully saturated rings. The Morgan fingerprint density at radius 3 is 2.44 bits per heavy atom. The van der Waals surface area contributed by atoms with E-state index in [1.54, 1.807) is 12.5 Å². The summed E-state index contributed by atoms with van der Waals surface area (Å²) in [4.78, 5) is 19.9. The minimum Gasteiger partial charge on any atom is -0.360 e. The molecule has 0 saturated heterocycles. The van der Waals surface area contributed by atoms with Gasteiger partial charge in [0.15, 0.2) is 0 Å². The highest BCUT2D eigenvalue weighted by Crippen LogP contribution is 2.16. The highest BCUT2D eigenvalue weighted by molar-refractivity contribution is 5.49. The van der Waals surface area contributed by atoms with Gasteiger partial charge < -0.3 is 14.8 Å². The first-order valence-electron chi connectivity index (χ1n) is 5.93. The molecule has 0 aliphatic heterocycles. The Morgan fingerprint density at radius 1 is 1.11 bits per heavy atom. The standard InChI is InChI=1S/C12H18N6/c1-4-17(2)11-7-12(16-9-15-11)18(3)8-10-13-5-6-14-10/h5-7,9H,4,8H2,1-3H3,(H,13,14). The van der Waals surface area contributed by atoms with Gasteiger partial charge in [-0.3, -0.25) is 0 Å². The molecular weight excluding hydrogens is 228 g/mol. The topological polar surface area (TPSA) is 60.9 Å². The number of hydrogen-bond donors (Lipinski definition) is 1. The van der Waals surface area contributed by atoms with Gasteiger partial charge in [0.25, 0.3) is 0 Å². The maximum Gasteiger partial charge on any atom is 0.134 e. The molecule has 0 aliphatic rings. The highest BCUT2D eigenvalue weighted by Gasteiger charge is 2.08. The number of imidazole rings is 1. The van der Waals surface area contributed by atoms with E-state index in [4.69, 9.17) is 0 Å². The predicted molar refractivity (Wildman–Crippen MR) is 71.7 cm³/mol. The number of nitrogens with one attached hydrogen (secondary N) is 1. The smallest absolute Gasteiger partial charge is 0.134 e. The van der Waals surface area contributed by atoms with Crippen molar-refractivity contribution < 1.29 is 0 Å². The van der Waals surface area contributed by atoms with Gasteiger partial charge in [-0.15, -0.1) is 0 Å². The normalized spacial score (nSPS) is 10.4. The molecule has 0 bridgehead atoms. The summed E-state index contributed by atoms with van der Waals surface area (Å²) < 4.78 is 0. The molecule has 6 nitrogen and oxygen atoms in total. The Bertz CT molecular complexity index is 481. The molecule has 0 aromatic carbocycles. The first kappa shape index (κ1) is 12.3. The van der Waals surface area contributed by atoms with Gasteiger partial charge in [0.05, 0.1) is 6.54 Å². The number of aromatic amines is 1. The number of nitrogens with zero attached hydrogens (tertiary/aromatic N) is 5. The Hall–Kier alpha value is -2.11. The van der Waals surface area contributed by atoms with Gasteiger partial charge in [-0.25, -0.2) is 15.0 Å². The van der Waals surface area contributed by atoms with E-state index in [1.165, 1.54) is 0 Å². The molecular formula is C12H18N6. The van der Waals surface area contributed by atoms with Crippen molar-refractivity contribution in [3.05, 3.63) is 30.6 Å². The molecule has 0 unspecified atom stereocenters. The zero-order valence-electron chi connectivity index (χ0n) is 11.0. The molecule has 2 rings (SSSR count). The van der Waals surface area contributed by atoms with Gasteiger partial charge >= 0.3 is 0 Å². The van der Waals surface area contributed by atoms with Crippen LogP contribution in [0.5, 0.6) is 0 Å². The van der Waals surface area contributed by atoms with E-state index >= 15 is 0 Å². The molecule has 0 aliphatic carbocycles. The van der Waals surface area contributed by atoms with Crippen LogP contribution in [0.2, 0.25) is 0 Å². The fourth-order valence-electron chi connectivity index (χ4n) is 1.61. The lowest BCUT2D eigenvalue weighted by Gasteiger charge is -2.20. The van der Waals surface area contributed by atoms with E-state index in [2.05, 4.69) is 31.8 Å². The van der Waals surface area contributed by atoms with Crippen LogP contribution in [-0.4, -0.2) is 40.6 Å². The average Bonchev–Trinajstić information content (AvgIpc) is 2.90. The molecule has 0 radical (unpaired) electrons. The highest BCUT2D eigenvalue weighted by atomic mass is 15.2.